The van der Waals surface area contributed by atoms with Crippen molar-refractivity contribution in [2.24, 2.45) is 0 Å². The molecule has 0 saturated carbocycles. The van der Waals surface area contributed by atoms with Gasteiger partial charge in [0.2, 0.25) is 0 Å². The Bertz CT molecular complexity index is 727. The summed E-state index contributed by atoms with van der Waals surface area (Å²) in [6, 6.07) is 27.6. The molecule has 0 amide bonds. The Labute approximate surface area is 144 Å². The summed E-state index contributed by atoms with van der Waals surface area (Å²) in [7, 11) is 0. The average Bonchev–Trinajstić information content (AvgIpc) is 2.67. The van der Waals surface area contributed by atoms with Gasteiger partial charge in [-0.3, -0.25) is 0 Å². The van der Waals surface area contributed by atoms with Crippen LogP contribution in [0.5, 0.6) is 5.75 Å². The third-order valence-electron chi connectivity index (χ3n) is 4.20. The predicted molar refractivity (Wildman–Crippen MR) is 102 cm³/mol. The second-order valence-corrected chi connectivity index (χ2v) is 6.02. The topological polar surface area (TPSA) is 9.23 Å². The first kappa shape index (κ1) is 16.3. The molecule has 0 aromatic heterocycles. The molecule has 0 spiro atoms. The summed E-state index contributed by atoms with van der Waals surface area (Å²) >= 11 is 0. The van der Waals surface area contributed by atoms with E-state index in [1.54, 1.807) is 0 Å². The van der Waals surface area contributed by atoms with Crippen LogP contribution in [0.25, 0.3) is 22.3 Å². The number of unbranched alkanes of at least 4 members (excludes halogenated alkanes) is 2. The van der Waals surface area contributed by atoms with Gasteiger partial charge in [0.1, 0.15) is 5.75 Å². The lowest BCUT2D eigenvalue weighted by Crippen LogP contribution is -1.96. The number of hydrogen-bond acceptors (Lipinski definition) is 1. The largest absolute Gasteiger partial charge is 0.494 e. The van der Waals surface area contributed by atoms with Crippen LogP contribution in [-0.4, -0.2) is 6.61 Å². The number of rotatable bonds is 7. The Balaban J connectivity index is 1.66. The highest BCUT2D eigenvalue weighted by Crippen LogP contribution is 2.26. The van der Waals surface area contributed by atoms with Gasteiger partial charge in [-0.2, -0.15) is 0 Å². The van der Waals surface area contributed by atoms with Crippen LogP contribution in [0.15, 0.2) is 78.9 Å². The maximum atomic E-state index is 5.78. The summed E-state index contributed by atoms with van der Waals surface area (Å²) in [6.07, 6.45) is 3.58. The molecule has 0 bridgehead atoms. The van der Waals surface area contributed by atoms with Gasteiger partial charge in [-0.05, 0) is 40.8 Å². The zero-order valence-corrected chi connectivity index (χ0v) is 14.2. The molecule has 0 atom stereocenters. The van der Waals surface area contributed by atoms with E-state index in [1.165, 1.54) is 35.1 Å². The predicted octanol–water partition coefficient (Wildman–Crippen LogP) is 6.59. The van der Waals surface area contributed by atoms with E-state index in [9.17, 15) is 0 Å². The first-order valence-electron chi connectivity index (χ1n) is 8.75. The van der Waals surface area contributed by atoms with Gasteiger partial charge in [0.25, 0.3) is 0 Å². The van der Waals surface area contributed by atoms with Crippen molar-refractivity contribution in [3.63, 3.8) is 0 Å². The summed E-state index contributed by atoms with van der Waals surface area (Å²) < 4.78 is 5.78. The van der Waals surface area contributed by atoms with Crippen LogP contribution >= 0.6 is 0 Å². The van der Waals surface area contributed by atoms with Crippen molar-refractivity contribution in [1.29, 1.82) is 0 Å². The zero-order chi connectivity index (χ0) is 16.6. The van der Waals surface area contributed by atoms with Crippen molar-refractivity contribution in [1.82, 2.24) is 0 Å². The van der Waals surface area contributed by atoms with Gasteiger partial charge in [0.05, 0.1) is 6.61 Å². The maximum Gasteiger partial charge on any atom is 0.119 e. The van der Waals surface area contributed by atoms with E-state index < -0.39 is 0 Å². The minimum Gasteiger partial charge on any atom is -0.494 e. The molecule has 0 saturated heterocycles. The molecule has 24 heavy (non-hydrogen) atoms. The molecule has 3 aromatic rings. The standard InChI is InChI=1S/C23H24O/c1-2-3-7-18-24-23-16-14-22(15-17-23)21-12-10-20(11-13-21)19-8-5-4-6-9-19/h4-6,8-17H,2-3,7,18H2,1H3. The Morgan fingerprint density at radius 3 is 1.62 bits per heavy atom. The molecule has 122 valence electrons. The van der Waals surface area contributed by atoms with Crippen molar-refractivity contribution >= 4 is 0 Å². The molecular weight excluding hydrogens is 292 g/mol. The van der Waals surface area contributed by atoms with Gasteiger partial charge in [-0.1, -0.05) is 86.5 Å². The Morgan fingerprint density at radius 2 is 1.08 bits per heavy atom. The van der Waals surface area contributed by atoms with E-state index in [1.807, 2.05) is 6.07 Å². The van der Waals surface area contributed by atoms with Crippen molar-refractivity contribution < 1.29 is 4.74 Å². The molecule has 0 fully saturated rings. The Kier molecular flexibility index (Phi) is 5.68. The van der Waals surface area contributed by atoms with E-state index in [-0.39, 0.29) is 0 Å². The molecular formula is C23H24O. The molecule has 0 radical (unpaired) electrons. The molecule has 0 N–H and O–H groups in total. The molecule has 0 aliphatic carbocycles. The van der Waals surface area contributed by atoms with Crippen LogP contribution in [0.3, 0.4) is 0 Å². The van der Waals surface area contributed by atoms with E-state index >= 15 is 0 Å². The van der Waals surface area contributed by atoms with Crippen molar-refractivity contribution in [3.05, 3.63) is 78.9 Å². The monoisotopic (exact) mass is 316 g/mol. The Morgan fingerprint density at radius 1 is 0.583 bits per heavy atom. The lowest BCUT2D eigenvalue weighted by Gasteiger charge is -2.08. The highest BCUT2D eigenvalue weighted by molar-refractivity contribution is 5.70. The number of benzene rings is 3. The van der Waals surface area contributed by atoms with Crippen LogP contribution in [0, 0.1) is 0 Å². The fourth-order valence-corrected chi connectivity index (χ4v) is 2.77. The third-order valence-corrected chi connectivity index (χ3v) is 4.20. The van der Waals surface area contributed by atoms with Gasteiger partial charge in [-0.15, -0.1) is 0 Å². The highest BCUT2D eigenvalue weighted by Gasteiger charge is 2.01. The fourth-order valence-electron chi connectivity index (χ4n) is 2.77. The van der Waals surface area contributed by atoms with Crippen molar-refractivity contribution in [3.8, 4) is 28.0 Å². The average molecular weight is 316 g/mol. The van der Waals surface area contributed by atoms with Crippen LogP contribution in [0.1, 0.15) is 26.2 Å². The van der Waals surface area contributed by atoms with Crippen LogP contribution in [0.4, 0.5) is 0 Å². The molecule has 1 heteroatoms. The summed E-state index contributed by atoms with van der Waals surface area (Å²) in [5, 5.41) is 0. The second-order valence-electron chi connectivity index (χ2n) is 6.02. The fraction of sp³-hybridized carbons (Fsp3) is 0.217. The van der Waals surface area contributed by atoms with Gasteiger partial charge in [0, 0.05) is 0 Å². The molecule has 3 aromatic carbocycles. The maximum absolute atomic E-state index is 5.78. The number of ether oxygens (including phenoxy) is 1. The van der Waals surface area contributed by atoms with Gasteiger partial charge in [-0.25, -0.2) is 0 Å². The van der Waals surface area contributed by atoms with Crippen molar-refractivity contribution in [2.75, 3.05) is 6.61 Å². The molecule has 0 aliphatic heterocycles. The van der Waals surface area contributed by atoms with Gasteiger partial charge < -0.3 is 4.74 Å². The van der Waals surface area contributed by atoms with Gasteiger partial charge >= 0.3 is 0 Å². The number of hydrogen-bond donors (Lipinski definition) is 0. The molecule has 0 heterocycles. The van der Waals surface area contributed by atoms with Crippen LogP contribution in [-0.2, 0) is 0 Å². The summed E-state index contributed by atoms with van der Waals surface area (Å²) in [5.41, 5.74) is 4.94. The summed E-state index contributed by atoms with van der Waals surface area (Å²) in [4.78, 5) is 0. The van der Waals surface area contributed by atoms with Crippen molar-refractivity contribution in [2.45, 2.75) is 26.2 Å². The van der Waals surface area contributed by atoms with Gasteiger partial charge in [0.15, 0.2) is 0 Å². The van der Waals surface area contributed by atoms with E-state index in [4.69, 9.17) is 4.74 Å². The zero-order valence-electron chi connectivity index (χ0n) is 14.2. The van der Waals surface area contributed by atoms with E-state index in [0.29, 0.717) is 0 Å². The van der Waals surface area contributed by atoms with E-state index in [0.717, 1.165) is 18.8 Å². The lowest BCUT2D eigenvalue weighted by atomic mass is 10.0. The first-order chi connectivity index (χ1) is 11.9. The molecule has 1 nitrogen and oxygen atoms in total. The van der Waals surface area contributed by atoms with Crippen LogP contribution < -0.4 is 4.74 Å². The smallest absolute Gasteiger partial charge is 0.119 e. The minimum atomic E-state index is 0.805. The normalized spacial score (nSPS) is 10.5. The SMILES string of the molecule is CCCCCOc1ccc(-c2ccc(-c3ccccc3)cc2)cc1. The summed E-state index contributed by atoms with van der Waals surface area (Å²) in [5.74, 6) is 0.954. The summed E-state index contributed by atoms with van der Waals surface area (Å²) in [6.45, 7) is 3.01. The molecule has 0 unspecified atom stereocenters. The van der Waals surface area contributed by atoms with E-state index in [2.05, 4.69) is 79.7 Å². The molecule has 0 aliphatic rings. The third kappa shape index (κ3) is 4.26. The Hall–Kier alpha value is -2.54. The molecule has 3 rings (SSSR count). The minimum absolute atomic E-state index is 0.805. The quantitative estimate of drug-likeness (QED) is 0.447. The van der Waals surface area contributed by atoms with Crippen LogP contribution in [0.2, 0.25) is 0 Å². The highest BCUT2D eigenvalue weighted by atomic mass is 16.5. The lowest BCUT2D eigenvalue weighted by molar-refractivity contribution is 0.306. The first-order valence-corrected chi connectivity index (χ1v) is 8.75. The second kappa shape index (κ2) is 8.35.